The van der Waals surface area contributed by atoms with Gasteiger partial charge in [-0.05, 0) is 12.5 Å². The molecule has 0 saturated carbocycles. The molecule has 1 aliphatic heterocycles. The fourth-order valence-corrected chi connectivity index (χ4v) is 3.49. The lowest BCUT2D eigenvalue weighted by Gasteiger charge is -2.38. The molecule has 1 aromatic heterocycles. The van der Waals surface area contributed by atoms with Crippen molar-refractivity contribution in [1.82, 2.24) is 8.87 Å². The Labute approximate surface area is 127 Å². The summed E-state index contributed by atoms with van der Waals surface area (Å²) >= 11 is 0. The van der Waals surface area contributed by atoms with Gasteiger partial charge in [-0.25, -0.2) is 12.4 Å². The summed E-state index contributed by atoms with van der Waals surface area (Å²) in [5, 5.41) is 0.535. The van der Waals surface area contributed by atoms with E-state index in [1.807, 2.05) is 0 Å². The molecule has 0 bridgehead atoms. The highest BCUT2D eigenvalue weighted by atomic mass is 32.2. The number of rotatable bonds is 3. The number of hydrogen-bond donors (Lipinski definition) is 1. The van der Waals surface area contributed by atoms with Gasteiger partial charge in [0.1, 0.15) is 6.04 Å². The molecule has 3 rings (SSSR count). The van der Waals surface area contributed by atoms with E-state index in [4.69, 9.17) is 5.73 Å². The molecule has 22 heavy (non-hydrogen) atoms. The van der Waals surface area contributed by atoms with Gasteiger partial charge in [-0.2, -0.15) is 0 Å². The zero-order chi connectivity index (χ0) is 16.1. The number of nitrogens with zero attached hydrogens (tertiary/aromatic N) is 2. The summed E-state index contributed by atoms with van der Waals surface area (Å²) in [4.78, 5) is 25.3. The van der Waals surface area contributed by atoms with E-state index in [9.17, 15) is 18.0 Å². The number of primary amides is 1. The van der Waals surface area contributed by atoms with Crippen LogP contribution in [0.2, 0.25) is 0 Å². The number of fused-ring (bicyclic) bond motifs is 1. The topological polar surface area (TPSA) is 102 Å². The summed E-state index contributed by atoms with van der Waals surface area (Å²) in [5.74, 6) is -0.930. The van der Waals surface area contributed by atoms with Crippen molar-refractivity contribution in [3.8, 4) is 0 Å². The maximum atomic E-state index is 12.6. The Balaban J connectivity index is 2.12. The maximum absolute atomic E-state index is 12.6. The first-order valence-corrected chi connectivity index (χ1v) is 8.56. The maximum Gasteiger partial charge on any atom is 0.256 e. The fraction of sp³-hybridized carbons (Fsp3) is 0.286. The minimum absolute atomic E-state index is 0.256. The Bertz CT molecular complexity index is 885. The van der Waals surface area contributed by atoms with Gasteiger partial charge in [-0.3, -0.25) is 9.59 Å². The highest BCUT2D eigenvalue weighted by molar-refractivity contribution is 7.89. The van der Waals surface area contributed by atoms with Crippen LogP contribution in [0, 0.1) is 0 Å². The van der Waals surface area contributed by atoms with Crippen molar-refractivity contribution in [2.24, 2.45) is 5.73 Å². The van der Waals surface area contributed by atoms with Crippen LogP contribution in [-0.2, 0) is 14.8 Å². The molecular weight excluding hydrogens is 306 g/mol. The predicted octanol–water partition coefficient (Wildman–Crippen LogP) is 0.149. The molecule has 1 unspecified atom stereocenters. The van der Waals surface area contributed by atoms with Crippen molar-refractivity contribution in [2.45, 2.75) is 12.5 Å². The van der Waals surface area contributed by atoms with Crippen LogP contribution in [0.25, 0.3) is 10.9 Å². The Morgan fingerprint density at radius 3 is 2.50 bits per heavy atom. The molecule has 8 heteroatoms. The van der Waals surface area contributed by atoms with Crippen LogP contribution in [0.5, 0.6) is 0 Å². The van der Waals surface area contributed by atoms with Gasteiger partial charge in [0.25, 0.3) is 5.91 Å². The summed E-state index contributed by atoms with van der Waals surface area (Å²) in [6, 6.07) is 6.13. The SMILES string of the molecule is CS(=O)(=O)n1cc(C(=O)N2CCC2C(N)=O)c2ccccc21. The quantitative estimate of drug-likeness (QED) is 0.869. The average molecular weight is 321 g/mol. The van der Waals surface area contributed by atoms with E-state index in [2.05, 4.69) is 0 Å². The molecule has 1 atom stereocenters. The molecule has 116 valence electrons. The number of likely N-dealkylation sites (tertiary alicyclic amines) is 1. The van der Waals surface area contributed by atoms with Gasteiger partial charge >= 0.3 is 0 Å². The van der Waals surface area contributed by atoms with E-state index >= 15 is 0 Å². The smallest absolute Gasteiger partial charge is 0.256 e. The summed E-state index contributed by atoms with van der Waals surface area (Å²) < 4.78 is 24.8. The number of carbonyl (C=O) groups is 2. The molecule has 2 N–H and O–H groups in total. The van der Waals surface area contributed by atoms with Gasteiger partial charge in [0.05, 0.1) is 17.3 Å². The Morgan fingerprint density at radius 2 is 1.95 bits per heavy atom. The van der Waals surface area contributed by atoms with Crippen LogP contribution in [0.4, 0.5) is 0 Å². The number of benzene rings is 1. The number of hydrogen-bond acceptors (Lipinski definition) is 4. The molecule has 1 fully saturated rings. The summed E-state index contributed by atoms with van der Waals surface area (Å²) in [5.41, 5.74) is 5.95. The summed E-state index contributed by atoms with van der Waals surface area (Å²) in [6.45, 7) is 0.435. The monoisotopic (exact) mass is 321 g/mol. The highest BCUT2D eigenvalue weighted by Crippen LogP contribution is 2.27. The second-order valence-electron chi connectivity index (χ2n) is 5.32. The van der Waals surface area contributed by atoms with E-state index in [0.29, 0.717) is 23.9 Å². The largest absolute Gasteiger partial charge is 0.368 e. The number of carbonyl (C=O) groups excluding carboxylic acids is 2. The Kier molecular flexibility index (Phi) is 3.21. The van der Waals surface area contributed by atoms with Crippen LogP contribution in [0.1, 0.15) is 16.8 Å². The minimum Gasteiger partial charge on any atom is -0.368 e. The first kappa shape index (κ1) is 14.6. The van der Waals surface area contributed by atoms with Crippen LogP contribution < -0.4 is 5.73 Å². The molecule has 0 aliphatic carbocycles. The van der Waals surface area contributed by atoms with E-state index in [0.717, 1.165) is 10.2 Å². The second kappa shape index (κ2) is 4.84. The van der Waals surface area contributed by atoms with Gasteiger partial charge in [-0.15, -0.1) is 0 Å². The number of para-hydroxylation sites is 1. The van der Waals surface area contributed by atoms with Crippen molar-refractivity contribution >= 4 is 32.7 Å². The number of nitrogens with two attached hydrogens (primary N) is 1. The molecule has 2 amide bonds. The second-order valence-corrected chi connectivity index (χ2v) is 7.18. The normalized spacial score (nSPS) is 18.2. The summed E-state index contributed by atoms with van der Waals surface area (Å²) in [6.07, 6.45) is 2.91. The third-order valence-corrected chi connectivity index (χ3v) is 4.89. The van der Waals surface area contributed by atoms with E-state index in [1.54, 1.807) is 24.3 Å². The molecule has 2 aromatic rings. The van der Waals surface area contributed by atoms with Crippen molar-refractivity contribution in [3.63, 3.8) is 0 Å². The predicted molar refractivity (Wildman–Crippen MR) is 80.8 cm³/mol. The lowest BCUT2D eigenvalue weighted by atomic mass is 10.0. The van der Waals surface area contributed by atoms with Crippen molar-refractivity contribution in [1.29, 1.82) is 0 Å². The lowest BCUT2D eigenvalue weighted by Crippen LogP contribution is -2.57. The van der Waals surface area contributed by atoms with Gasteiger partial charge in [-0.1, -0.05) is 18.2 Å². The molecular formula is C14H15N3O4S. The molecule has 1 aliphatic rings. The average Bonchev–Trinajstić information content (AvgIpc) is 2.75. The number of amides is 2. The van der Waals surface area contributed by atoms with Crippen LogP contribution in [0.3, 0.4) is 0 Å². The molecule has 1 aromatic carbocycles. The van der Waals surface area contributed by atoms with Crippen molar-refractivity contribution < 1.29 is 18.0 Å². The number of aromatic nitrogens is 1. The van der Waals surface area contributed by atoms with E-state index in [1.165, 1.54) is 11.1 Å². The minimum atomic E-state index is -3.53. The summed E-state index contributed by atoms with van der Waals surface area (Å²) in [7, 11) is -3.53. The van der Waals surface area contributed by atoms with Crippen molar-refractivity contribution in [2.75, 3.05) is 12.8 Å². The molecule has 2 heterocycles. The van der Waals surface area contributed by atoms with Gasteiger partial charge < -0.3 is 10.6 Å². The molecule has 0 spiro atoms. The van der Waals surface area contributed by atoms with Crippen LogP contribution >= 0.6 is 0 Å². The van der Waals surface area contributed by atoms with Gasteiger partial charge in [0, 0.05) is 18.1 Å². The molecule has 1 saturated heterocycles. The van der Waals surface area contributed by atoms with Crippen LogP contribution in [0.15, 0.2) is 30.5 Å². The fourth-order valence-electron chi connectivity index (χ4n) is 2.68. The Morgan fingerprint density at radius 1 is 1.27 bits per heavy atom. The third kappa shape index (κ3) is 2.16. The lowest BCUT2D eigenvalue weighted by molar-refractivity contribution is -0.125. The van der Waals surface area contributed by atoms with Gasteiger partial charge in [0.15, 0.2) is 0 Å². The molecule has 0 radical (unpaired) electrons. The zero-order valence-electron chi connectivity index (χ0n) is 11.9. The van der Waals surface area contributed by atoms with E-state index in [-0.39, 0.29) is 11.5 Å². The van der Waals surface area contributed by atoms with E-state index < -0.39 is 22.0 Å². The first-order chi connectivity index (χ1) is 10.3. The highest BCUT2D eigenvalue weighted by Gasteiger charge is 2.37. The third-order valence-electron chi connectivity index (χ3n) is 3.87. The Hall–Kier alpha value is -2.35. The van der Waals surface area contributed by atoms with Gasteiger partial charge in [0.2, 0.25) is 15.9 Å². The first-order valence-electron chi connectivity index (χ1n) is 6.71. The zero-order valence-corrected chi connectivity index (χ0v) is 12.7. The van der Waals surface area contributed by atoms with Crippen LogP contribution in [-0.4, -0.2) is 47.9 Å². The van der Waals surface area contributed by atoms with Crippen molar-refractivity contribution in [3.05, 3.63) is 36.0 Å². The molecule has 7 nitrogen and oxygen atoms in total. The standard InChI is InChI=1S/C14H15N3O4S/c1-22(20,21)17-8-10(9-4-2-3-5-11(9)17)14(19)16-7-6-12(16)13(15)18/h2-5,8,12H,6-7H2,1H3,(H2,15,18).